The first kappa shape index (κ1) is 11.0. The van der Waals surface area contributed by atoms with Gasteiger partial charge in [-0.1, -0.05) is 12.1 Å². The van der Waals surface area contributed by atoms with Crippen molar-refractivity contribution in [1.29, 1.82) is 0 Å². The Bertz CT molecular complexity index is 641. The summed E-state index contributed by atoms with van der Waals surface area (Å²) in [6, 6.07) is 4.23. The molecule has 1 heterocycles. The number of aryl methyl sites for hydroxylation is 2. The molecule has 1 aliphatic carbocycles. The number of hydrogen-bond acceptors (Lipinski definition) is 2. The molecular formula is C14H14N2O2. The van der Waals surface area contributed by atoms with E-state index in [4.69, 9.17) is 0 Å². The molecule has 0 unspecified atom stereocenters. The van der Waals surface area contributed by atoms with Crippen LogP contribution in [-0.2, 0) is 12.8 Å². The van der Waals surface area contributed by atoms with E-state index in [1.54, 1.807) is 6.08 Å². The van der Waals surface area contributed by atoms with Gasteiger partial charge in [-0.2, -0.15) is 0 Å². The molecule has 0 spiro atoms. The zero-order chi connectivity index (χ0) is 12.5. The van der Waals surface area contributed by atoms with Gasteiger partial charge in [0.1, 0.15) is 0 Å². The van der Waals surface area contributed by atoms with Gasteiger partial charge in [0, 0.05) is 28.7 Å². The highest BCUT2D eigenvalue weighted by molar-refractivity contribution is 5.91. The van der Waals surface area contributed by atoms with Crippen LogP contribution in [-0.4, -0.2) is 9.91 Å². The third-order valence-electron chi connectivity index (χ3n) is 3.59. The topological polar surface area (TPSA) is 58.9 Å². The van der Waals surface area contributed by atoms with Crippen molar-refractivity contribution < 1.29 is 4.92 Å². The van der Waals surface area contributed by atoms with E-state index in [9.17, 15) is 10.1 Å². The first-order chi connectivity index (χ1) is 8.75. The Morgan fingerprint density at radius 1 is 1.28 bits per heavy atom. The van der Waals surface area contributed by atoms with Crippen molar-refractivity contribution in [3.63, 3.8) is 0 Å². The van der Waals surface area contributed by atoms with E-state index in [1.807, 2.05) is 6.20 Å². The summed E-state index contributed by atoms with van der Waals surface area (Å²) in [7, 11) is 0. The van der Waals surface area contributed by atoms with E-state index in [-0.39, 0.29) is 0 Å². The van der Waals surface area contributed by atoms with Crippen LogP contribution in [0.1, 0.15) is 29.5 Å². The number of nitrogens with zero attached hydrogens (tertiary/aromatic N) is 1. The monoisotopic (exact) mass is 242 g/mol. The second kappa shape index (κ2) is 4.29. The summed E-state index contributed by atoms with van der Waals surface area (Å²) < 4.78 is 0. The number of hydrogen-bond donors (Lipinski definition) is 1. The average molecular weight is 242 g/mol. The fourth-order valence-corrected chi connectivity index (χ4v) is 2.74. The lowest BCUT2D eigenvalue weighted by Crippen LogP contribution is -2.02. The minimum Gasteiger partial charge on any atom is -0.360 e. The molecule has 92 valence electrons. The molecule has 0 amide bonds. The molecule has 1 aromatic heterocycles. The Morgan fingerprint density at radius 3 is 2.94 bits per heavy atom. The molecule has 4 nitrogen and oxygen atoms in total. The second-order valence-electron chi connectivity index (χ2n) is 4.68. The van der Waals surface area contributed by atoms with Crippen LogP contribution in [0.2, 0.25) is 0 Å². The number of H-pyrrole nitrogens is 1. The molecule has 0 saturated heterocycles. The predicted octanol–water partition coefficient (Wildman–Crippen LogP) is 3.29. The number of nitro groups is 1. The van der Waals surface area contributed by atoms with Gasteiger partial charge in [-0.05, 0) is 36.8 Å². The molecule has 0 atom stereocenters. The summed E-state index contributed by atoms with van der Waals surface area (Å²) in [5.41, 5.74) is 4.84. The largest absolute Gasteiger partial charge is 0.360 e. The van der Waals surface area contributed by atoms with Crippen molar-refractivity contribution in [2.45, 2.75) is 25.7 Å². The second-order valence-corrected chi connectivity index (χ2v) is 4.68. The van der Waals surface area contributed by atoms with E-state index in [0.29, 0.717) is 0 Å². The molecule has 3 rings (SSSR count). The zero-order valence-corrected chi connectivity index (χ0v) is 9.98. The Morgan fingerprint density at radius 2 is 2.11 bits per heavy atom. The summed E-state index contributed by atoms with van der Waals surface area (Å²) in [6.45, 7) is 0. The molecule has 1 aliphatic rings. The molecule has 1 aromatic carbocycles. The fourth-order valence-electron chi connectivity index (χ4n) is 2.74. The van der Waals surface area contributed by atoms with Crippen LogP contribution >= 0.6 is 0 Å². The zero-order valence-electron chi connectivity index (χ0n) is 9.98. The van der Waals surface area contributed by atoms with Gasteiger partial charge in [0.25, 0.3) is 0 Å². The van der Waals surface area contributed by atoms with E-state index >= 15 is 0 Å². The molecular weight excluding hydrogens is 228 g/mol. The van der Waals surface area contributed by atoms with Gasteiger partial charge < -0.3 is 4.98 Å². The van der Waals surface area contributed by atoms with Crippen LogP contribution in [0.3, 0.4) is 0 Å². The molecule has 0 radical (unpaired) electrons. The van der Waals surface area contributed by atoms with Crippen molar-refractivity contribution in [3.05, 3.63) is 51.3 Å². The maximum atomic E-state index is 10.4. The van der Waals surface area contributed by atoms with Crippen LogP contribution in [0.15, 0.2) is 24.5 Å². The van der Waals surface area contributed by atoms with Crippen LogP contribution in [0.4, 0.5) is 0 Å². The minimum atomic E-state index is -0.433. The lowest BCUT2D eigenvalue weighted by molar-refractivity contribution is -0.400. The SMILES string of the molecule is O=[N+]([O-])/C=C/c1c[nH]c2c3c(ccc12)CCCC3. The molecule has 1 N–H and O–H groups in total. The molecule has 0 aliphatic heterocycles. The fraction of sp³-hybridized carbons (Fsp3) is 0.286. The van der Waals surface area contributed by atoms with E-state index in [2.05, 4.69) is 17.1 Å². The Labute approximate surface area is 104 Å². The Hall–Kier alpha value is -2.10. The van der Waals surface area contributed by atoms with E-state index in [1.165, 1.54) is 24.0 Å². The maximum Gasteiger partial charge on any atom is 0.235 e. The lowest BCUT2D eigenvalue weighted by Gasteiger charge is -2.16. The summed E-state index contributed by atoms with van der Waals surface area (Å²) in [5.74, 6) is 0. The predicted molar refractivity (Wildman–Crippen MR) is 71.0 cm³/mol. The van der Waals surface area contributed by atoms with E-state index < -0.39 is 4.92 Å². The Balaban J connectivity index is 2.12. The summed E-state index contributed by atoms with van der Waals surface area (Å²) in [4.78, 5) is 13.2. The van der Waals surface area contributed by atoms with Gasteiger partial charge in [-0.3, -0.25) is 10.1 Å². The van der Waals surface area contributed by atoms with Crippen molar-refractivity contribution >= 4 is 17.0 Å². The van der Waals surface area contributed by atoms with Gasteiger partial charge in [-0.15, -0.1) is 0 Å². The third-order valence-corrected chi connectivity index (χ3v) is 3.59. The summed E-state index contributed by atoms with van der Waals surface area (Å²) >= 11 is 0. The molecule has 0 saturated carbocycles. The summed E-state index contributed by atoms with van der Waals surface area (Å²) in [5, 5.41) is 11.4. The third kappa shape index (κ3) is 1.79. The standard InChI is InChI=1S/C14H14N2O2/c17-16(18)8-7-11-9-15-14-12-4-2-1-3-10(12)5-6-13(11)14/h5-9,15H,1-4H2/b8-7+. The number of fused-ring (bicyclic) bond motifs is 3. The van der Waals surface area contributed by atoms with Crippen LogP contribution < -0.4 is 0 Å². The highest BCUT2D eigenvalue weighted by Gasteiger charge is 2.14. The van der Waals surface area contributed by atoms with Gasteiger partial charge in [-0.25, -0.2) is 0 Å². The molecule has 18 heavy (non-hydrogen) atoms. The van der Waals surface area contributed by atoms with Crippen molar-refractivity contribution in [2.75, 3.05) is 0 Å². The first-order valence-corrected chi connectivity index (χ1v) is 6.19. The normalized spacial score (nSPS) is 15.1. The van der Waals surface area contributed by atoms with Crippen LogP contribution in [0.25, 0.3) is 17.0 Å². The van der Waals surface area contributed by atoms with Gasteiger partial charge >= 0.3 is 0 Å². The van der Waals surface area contributed by atoms with Crippen molar-refractivity contribution in [1.82, 2.24) is 4.98 Å². The van der Waals surface area contributed by atoms with Crippen LogP contribution in [0.5, 0.6) is 0 Å². The Kier molecular flexibility index (Phi) is 2.63. The lowest BCUT2D eigenvalue weighted by atomic mass is 9.90. The molecule has 0 bridgehead atoms. The van der Waals surface area contributed by atoms with Gasteiger partial charge in [0.2, 0.25) is 6.20 Å². The molecule has 2 aromatic rings. The van der Waals surface area contributed by atoms with Gasteiger partial charge in [0.05, 0.1) is 4.92 Å². The molecule has 0 fully saturated rings. The maximum absolute atomic E-state index is 10.4. The minimum absolute atomic E-state index is 0.433. The average Bonchev–Trinajstić information content (AvgIpc) is 2.80. The number of benzene rings is 1. The summed E-state index contributed by atoms with van der Waals surface area (Å²) in [6.07, 6.45) is 9.12. The number of rotatable bonds is 2. The van der Waals surface area contributed by atoms with Crippen molar-refractivity contribution in [2.24, 2.45) is 0 Å². The highest BCUT2D eigenvalue weighted by atomic mass is 16.6. The van der Waals surface area contributed by atoms with Gasteiger partial charge in [0.15, 0.2) is 0 Å². The number of nitrogens with one attached hydrogen (secondary N) is 1. The first-order valence-electron chi connectivity index (χ1n) is 6.19. The highest BCUT2D eigenvalue weighted by Crippen LogP contribution is 2.30. The number of aromatic nitrogens is 1. The molecule has 4 heteroatoms. The van der Waals surface area contributed by atoms with Crippen LogP contribution in [0, 0.1) is 10.1 Å². The smallest absolute Gasteiger partial charge is 0.235 e. The van der Waals surface area contributed by atoms with Crippen molar-refractivity contribution in [3.8, 4) is 0 Å². The quantitative estimate of drug-likeness (QED) is 0.648. The number of aromatic amines is 1. The van der Waals surface area contributed by atoms with E-state index in [0.717, 1.165) is 35.5 Å².